The molecule has 0 spiro atoms. The fourth-order valence-corrected chi connectivity index (χ4v) is 2.75. The minimum atomic E-state index is 0.0125. The lowest BCUT2D eigenvalue weighted by Crippen LogP contribution is -2.16. The minimum Gasteiger partial charge on any atom is -0.368 e. The number of hydrogen-bond acceptors (Lipinski definition) is 6. The molecule has 1 fully saturated rings. The van der Waals surface area contributed by atoms with Gasteiger partial charge in [0.25, 0.3) is 0 Å². The zero-order chi connectivity index (χ0) is 12.6. The van der Waals surface area contributed by atoms with E-state index in [9.17, 15) is 0 Å². The highest BCUT2D eigenvalue weighted by atomic mass is 32.2. The van der Waals surface area contributed by atoms with E-state index >= 15 is 0 Å². The number of thioether (sulfide) groups is 1. The number of rotatable bonds is 7. The van der Waals surface area contributed by atoms with Crippen LogP contribution in [0.3, 0.4) is 0 Å². The van der Waals surface area contributed by atoms with Crippen molar-refractivity contribution >= 4 is 11.8 Å². The number of hydrogen-bond donors (Lipinski definition) is 1. The number of nitrogens with two attached hydrogens (primary N) is 1. The van der Waals surface area contributed by atoms with Gasteiger partial charge in [-0.2, -0.15) is 16.7 Å². The first-order valence-electron chi connectivity index (χ1n) is 6.62. The van der Waals surface area contributed by atoms with Crippen molar-refractivity contribution in [3.05, 3.63) is 11.7 Å². The Labute approximate surface area is 112 Å². The van der Waals surface area contributed by atoms with E-state index in [4.69, 9.17) is 15.0 Å². The van der Waals surface area contributed by atoms with E-state index in [1.807, 2.05) is 11.8 Å². The molecule has 0 radical (unpaired) electrons. The number of aryl methyl sites for hydroxylation is 1. The Hall–Kier alpha value is -0.590. The maximum atomic E-state index is 5.62. The van der Waals surface area contributed by atoms with Gasteiger partial charge in [0, 0.05) is 17.9 Å². The molecule has 1 aliphatic rings. The summed E-state index contributed by atoms with van der Waals surface area (Å²) in [4.78, 5) is 4.41. The molecule has 1 aliphatic heterocycles. The molecule has 1 saturated heterocycles. The molecule has 2 heterocycles. The zero-order valence-electron chi connectivity index (χ0n) is 10.6. The Balaban J connectivity index is 1.72. The van der Waals surface area contributed by atoms with Gasteiger partial charge in [0.1, 0.15) is 6.10 Å². The number of nitrogens with zero attached hydrogens (tertiary/aromatic N) is 2. The topological polar surface area (TPSA) is 74.2 Å². The molecular formula is C12H21N3O2S. The second-order valence-corrected chi connectivity index (χ2v) is 5.58. The molecule has 0 bridgehead atoms. The van der Waals surface area contributed by atoms with Crippen molar-refractivity contribution in [3.63, 3.8) is 0 Å². The molecule has 18 heavy (non-hydrogen) atoms. The lowest BCUT2D eigenvalue weighted by atomic mass is 10.1. The van der Waals surface area contributed by atoms with Crippen LogP contribution in [-0.2, 0) is 11.2 Å². The van der Waals surface area contributed by atoms with Crippen molar-refractivity contribution in [1.29, 1.82) is 0 Å². The predicted octanol–water partition coefficient (Wildman–Crippen LogP) is 1.94. The van der Waals surface area contributed by atoms with Gasteiger partial charge in [-0.3, -0.25) is 0 Å². The fraction of sp³-hybridized carbons (Fsp3) is 0.833. The maximum absolute atomic E-state index is 5.62. The van der Waals surface area contributed by atoms with Gasteiger partial charge in [-0.05, 0) is 19.4 Å². The first-order valence-corrected chi connectivity index (χ1v) is 7.77. The second kappa shape index (κ2) is 7.76. The van der Waals surface area contributed by atoms with E-state index in [0.717, 1.165) is 49.8 Å². The van der Waals surface area contributed by atoms with Crippen LogP contribution in [0, 0.1) is 0 Å². The quantitative estimate of drug-likeness (QED) is 0.764. The predicted molar refractivity (Wildman–Crippen MR) is 71.5 cm³/mol. The van der Waals surface area contributed by atoms with Gasteiger partial charge in [0.15, 0.2) is 0 Å². The van der Waals surface area contributed by atoms with Crippen molar-refractivity contribution in [1.82, 2.24) is 10.1 Å². The molecule has 1 atom stereocenters. The average molecular weight is 271 g/mol. The summed E-state index contributed by atoms with van der Waals surface area (Å²) in [5.41, 5.74) is 5.45. The molecule has 1 aromatic heterocycles. The lowest BCUT2D eigenvalue weighted by molar-refractivity contribution is 0.0677. The summed E-state index contributed by atoms with van der Waals surface area (Å²) >= 11 is 1.88. The first kappa shape index (κ1) is 13.8. The second-order valence-electron chi connectivity index (χ2n) is 4.43. The van der Waals surface area contributed by atoms with Gasteiger partial charge >= 0.3 is 0 Å². The molecule has 6 heteroatoms. The molecule has 0 aromatic carbocycles. The molecule has 0 saturated carbocycles. The van der Waals surface area contributed by atoms with Crippen LogP contribution in [0.4, 0.5) is 0 Å². The Morgan fingerprint density at radius 1 is 1.28 bits per heavy atom. The highest BCUT2D eigenvalue weighted by Crippen LogP contribution is 2.24. The number of unbranched alkanes of at least 4 members (excludes halogenated alkanes) is 3. The smallest absolute Gasteiger partial charge is 0.226 e. The Morgan fingerprint density at radius 3 is 2.94 bits per heavy atom. The van der Waals surface area contributed by atoms with Gasteiger partial charge in [-0.1, -0.05) is 18.0 Å². The maximum Gasteiger partial charge on any atom is 0.226 e. The van der Waals surface area contributed by atoms with Gasteiger partial charge in [0.05, 0.1) is 6.61 Å². The molecular weight excluding hydrogens is 250 g/mol. The van der Waals surface area contributed by atoms with Crippen LogP contribution in [0.5, 0.6) is 0 Å². The normalized spacial score (nSPS) is 20.2. The monoisotopic (exact) mass is 271 g/mol. The van der Waals surface area contributed by atoms with Crippen LogP contribution in [0.1, 0.15) is 43.5 Å². The van der Waals surface area contributed by atoms with Crippen LogP contribution >= 0.6 is 11.8 Å². The van der Waals surface area contributed by atoms with Gasteiger partial charge in [0.2, 0.25) is 11.7 Å². The largest absolute Gasteiger partial charge is 0.368 e. The molecule has 1 unspecified atom stereocenters. The standard InChI is InChI=1S/C12H21N3O2S/c13-6-4-2-1-3-5-11-14-12(15-17-11)10-9-18-8-7-16-10/h10H,1-9,13H2. The number of ether oxygens (including phenoxy) is 1. The van der Waals surface area contributed by atoms with E-state index in [1.54, 1.807) is 0 Å². The third-order valence-corrected chi connectivity index (χ3v) is 3.93. The van der Waals surface area contributed by atoms with E-state index in [1.165, 1.54) is 12.8 Å². The zero-order valence-corrected chi connectivity index (χ0v) is 11.5. The van der Waals surface area contributed by atoms with E-state index < -0.39 is 0 Å². The third kappa shape index (κ3) is 4.26. The summed E-state index contributed by atoms with van der Waals surface area (Å²) in [6.45, 7) is 1.56. The van der Waals surface area contributed by atoms with Crippen molar-refractivity contribution < 1.29 is 9.26 Å². The van der Waals surface area contributed by atoms with E-state index in [2.05, 4.69) is 10.1 Å². The van der Waals surface area contributed by atoms with Crippen LogP contribution in [0.2, 0.25) is 0 Å². The summed E-state index contributed by atoms with van der Waals surface area (Å²) in [6, 6.07) is 0. The molecule has 2 N–H and O–H groups in total. The molecule has 0 amide bonds. The highest BCUT2D eigenvalue weighted by Gasteiger charge is 2.21. The van der Waals surface area contributed by atoms with Crippen molar-refractivity contribution in [2.24, 2.45) is 5.73 Å². The lowest BCUT2D eigenvalue weighted by Gasteiger charge is -2.18. The van der Waals surface area contributed by atoms with Crippen LogP contribution in [-0.4, -0.2) is 34.8 Å². The summed E-state index contributed by atoms with van der Waals surface area (Å²) in [5, 5.41) is 4.01. The molecule has 1 aromatic rings. The Kier molecular flexibility index (Phi) is 5.96. The molecule has 0 aliphatic carbocycles. The van der Waals surface area contributed by atoms with Crippen LogP contribution < -0.4 is 5.73 Å². The minimum absolute atomic E-state index is 0.0125. The van der Waals surface area contributed by atoms with Gasteiger partial charge in [-0.15, -0.1) is 0 Å². The third-order valence-electron chi connectivity index (χ3n) is 2.93. The van der Waals surface area contributed by atoms with Crippen molar-refractivity contribution in [2.75, 3.05) is 24.7 Å². The van der Waals surface area contributed by atoms with Crippen LogP contribution in [0.15, 0.2) is 4.52 Å². The summed E-state index contributed by atoms with van der Waals surface area (Å²) in [5.74, 6) is 3.42. The van der Waals surface area contributed by atoms with E-state index in [0.29, 0.717) is 5.82 Å². The fourth-order valence-electron chi connectivity index (χ4n) is 1.91. The summed E-state index contributed by atoms with van der Waals surface area (Å²) in [7, 11) is 0. The van der Waals surface area contributed by atoms with E-state index in [-0.39, 0.29) is 6.10 Å². The average Bonchev–Trinajstić information content (AvgIpc) is 2.88. The van der Waals surface area contributed by atoms with Gasteiger partial charge < -0.3 is 15.0 Å². The van der Waals surface area contributed by atoms with Crippen molar-refractivity contribution in [2.45, 2.75) is 38.2 Å². The molecule has 5 nitrogen and oxygen atoms in total. The first-order chi connectivity index (χ1) is 8.90. The molecule has 2 rings (SSSR count). The summed E-state index contributed by atoms with van der Waals surface area (Å²) in [6.07, 6.45) is 5.41. The Bertz CT molecular complexity index is 340. The van der Waals surface area contributed by atoms with Gasteiger partial charge in [-0.25, -0.2) is 0 Å². The Morgan fingerprint density at radius 2 is 2.17 bits per heavy atom. The van der Waals surface area contributed by atoms with Crippen LogP contribution in [0.25, 0.3) is 0 Å². The SMILES string of the molecule is NCCCCCCc1nc(C2CSCCO2)no1. The number of aromatic nitrogens is 2. The summed E-state index contributed by atoms with van der Waals surface area (Å²) < 4.78 is 10.9. The highest BCUT2D eigenvalue weighted by molar-refractivity contribution is 7.99. The van der Waals surface area contributed by atoms with Crippen molar-refractivity contribution in [3.8, 4) is 0 Å². The molecule has 102 valence electrons.